The number of para-hydroxylation sites is 4. The Kier molecular flexibility index (Phi) is 14.8. The van der Waals surface area contributed by atoms with Crippen molar-refractivity contribution < 1.29 is 10.0 Å². The van der Waals surface area contributed by atoms with E-state index < -0.39 is 7.12 Å². The van der Waals surface area contributed by atoms with E-state index in [1.807, 2.05) is 91.0 Å². The van der Waals surface area contributed by atoms with Gasteiger partial charge in [-0.1, -0.05) is 260 Å². The molecule has 0 saturated heterocycles. The van der Waals surface area contributed by atoms with Gasteiger partial charge < -0.3 is 10.0 Å². The van der Waals surface area contributed by atoms with Crippen molar-refractivity contribution >= 4 is 127 Å². The van der Waals surface area contributed by atoms with Gasteiger partial charge >= 0.3 is 7.12 Å². The van der Waals surface area contributed by atoms with Crippen LogP contribution in [0.4, 0.5) is 0 Å². The number of halogens is 1. The first kappa shape index (κ1) is 56.5. The molecule has 0 spiro atoms. The molecule has 14 aromatic carbocycles. The highest BCUT2D eigenvalue weighted by molar-refractivity contribution is 9.10. The molecule has 0 amide bonds. The summed E-state index contributed by atoms with van der Waals surface area (Å²) >= 11 is 3.51. The SMILES string of the molecule is Brc1ccc2c(ccc3nc4ccccc4n32)c1.C.OB(O)c1c2ccccc2c(-c2ccc(-c3ccccc3)cc2)c2ccccc12.c1ccc(-c2ccc(-c3c4ccccc4c(-c4ccc5c(ccc6nc7ccccc7n65)c4)c4ccccc34)cc2)cc1. The van der Waals surface area contributed by atoms with E-state index in [1.54, 1.807) is 0 Å². The molecule has 0 unspecified atom stereocenters. The number of benzene rings is 14. The number of hydrogen-bond acceptors (Lipinski definition) is 4. The van der Waals surface area contributed by atoms with E-state index in [-0.39, 0.29) is 7.43 Å². The Labute approximate surface area is 535 Å². The molecule has 2 N–H and O–H groups in total. The molecular formula is C83H58BBrN4O2. The predicted molar refractivity (Wildman–Crippen MR) is 388 cm³/mol. The first-order valence-electron chi connectivity index (χ1n) is 30.2. The molecule has 0 aliphatic carbocycles. The van der Waals surface area contributed by atoms with Crippen molar-refractivity contribution in [3.63, 3.8) is 0 Å². The van der Waals surface area contributed by atoms with Crippen molar-refractivity contribution in [3.05, 3.63) is 320 Å². The lowest BCUT2D eigenvalue weighted by Gasteiger charge is -2.18. The fourth-order valence-electron chi connectivity index (χ4n) is 13.5. The molecule has 0 saturated carbocycles. The third kappa shape index (κ3) is 10.1. The maximum Gasteiger partial charge on any atom is 0.489 e. The van der Waals surface area contributed by atoms with Gasteiger partial charge in [0.05, 0.1) is 33.1 Å². The third-order valence-corrected chi connectivity index (χ3v) is 18.0. The standard InChI is InChI=1S/C41H26N2.C26H19BO2.C15H9BrN2.CH4/c1-2-10-27(11-3-1)28-18-20-29(21-19-28)40-32-12-4-6-14-34(32)41(35-15-7-5-13-33(35)40)31-22-24-37-30(26-31)23-25-39-42-36-16-8-9-17-38(36)43(37)39;28-27(29)26-23-12-6-4-10-21(23)25(22-11-5-7-13-24(22)26)20-16-14-19(15-17-20)18-8-2-1-3-9-18;16-11-6-7-13-10(9-11)5-8-15-17-12-3-1-2-4-14(12)18(13)15;/h1-26H;1-17,28-29H;1-9H;1H4. The highest BCUT2D eigenvalue weighted by Crippen LogP contribution is 2.45. The van der Waals surface area contributed by atoms with E-state index in [2.05, 4.69) is 254 Å². The van der Waals surface area contributed by atoms with Gasteiger partial charge in [-0.2, -0.15) is 0 Å². The van der Waals surface area contributed by atoms with E-state index in [0.29, 0.717) is 5.46 Å². The Bertz CT molecular complexity index is 5660. The zero-order valence-electron chi connectivity index (χ0n) is 48.7. The average molecular weight is 1230 g/mol. The lowest BCUT2D eigenvalue weighted by Crippen LogP contribution is -2.31. The number of pyridine rings is 2. The van der Waals surface area contributed by atoms with Gasteiger partial charge in [0.25, 0.3) is 0 Å². The smallest absolute Gasteiger partial charge is 0.423 e. The summed E-state index contributed by atoms with van der Waals surface area (Å²) in [6.07, 6.45) is 0. The van der Waals surface area contributed by atoms with Crippen molar-refractivity contribution in [1.29, 1.82) is 0 Å². The van der Waals surface area contributed by atoms with Crippen molar-refractivity contribution in [3.8, 4) is 55.6 Å². The minimum absolute atomic E-state index is 0. The van der Waals surface area contributed by atoms with E-state index in [4.69, 9.17) is 4.98 Å². The summed E-state index contributed by atoms with van der Waals surface area (Å²) in [7, 11) is -1.53. The van der Waals surface area contributed by atoms with E-state index >= 15 is 0 Å². The normalized spacial score (nSPS) is 11.4. The third-order valence-electron chi connectivity index (χ3n) is 17.5. The van der Waals surface area contributed by atoms with Gasteiger partial charge in [0.2, 0.25) is 0 Å². The first-order valence-corrected chi connectivity index (χ1v) is 31.0. The first-order chi connectivity index (χ1) is 44.4. The van der Waals surface area contributed by atoms with Gasteiger partial charge in [0, 0.05) is 4.47 Å². The molecule has 8 heteroatoms. The minimum atomic E-state index is -1.53. The van der Waals surface area contributed by atoms with Crippen LogP contribution in [0.5, 0.6) is 0 Å². The molecule has 18 aromatic rings. The lowest BCUT2D eigenvalue weighted by molar-refractivity contribution is 0.426. The van der Waals surface area contributed by atoms with Gasteiger partial charge in [-0.25, -0.2) is 9.97 Å². The largest absolute Gasteiger partial charge is 0.489 e. The van der Waals surface area contributed by atoms with Gasteiger partial charge in [0.1, 0.15) is 11.3 Å². The molecule has 432 valence electrons. The van der Waals surface area contributed by atoms with Crippen LogP contribution in [0.3, 0.4) is 0 Å². The minimum Gasteiger partial charge on any atom is -0.423 e. The Morgan fingerprint density at radius 1 is 0.275 bits per heavy atom. The van der Waals surface area contributed by atoms with Gasteiger partial charge in [-0.05, 0) is 194 Å². The summed E-state index contributed by atoms with van der Waals surface area (Å²) in [4.78, 5) is 9.49. The van der Waals surface area contributed by atoms with Crippen molar-refractivity contribution in [2.75, 3.05) is 0 Å². The zero-order chi connectivity index (χ0) is 60.2. The molecule has 0 radical (unpaired) electrons. The summed E-state index contributed by atoms with van der Waals surface area (Å²) in [5.74, 6) is 0. The Morgan fingerprint density at radius 2 is 0.593 bits per heavy atom. The van der Waals surface area contributed by atoms with Crippen LogP contribution >= 0.6 is 15.9 Å². The second-order valence-electron chi connectivity index (χ2n) is 22.7. The second kappa shape index (κ2) is 23.8. The summed E-state index contributed by atoms with van der Waals surface area (Å²) < 4.78 is 5.57. The Hall–Kier alpha value is -11.0. The topological polar surface area (TPSA) is 75.1 Å². The second-order valence-corrected chi connectivity index (χ2v) is 23.6. The van der Waals surface area contributed by atoms with Crippen molar-refractivity contribution in [2.24, 2.45) is 0 Å². The molecule has 6 nitrogen and oxygen atoms in total. The molecule has 0 fully saturated rings. The number of imidazole rings is 2. The van der Waals surface area contributed by atoms with Crippen LogP contribution in [0.2, 0.25) is 0 Å². The monoisotopic (exact) mass is 1230 g/mol. The van der Waals surface area contributed by atoms with Crippen LogP contribution in [0.15, 0.2) is 320 Å². The Morgan fingerprint density at radius 3 is 1.02 bits per heavy atom. The quantitative estimate of drug-likeness (QED) is 0.128. The highest BCUT2D eigenvalue weighted by Gasteiger charge is 2.23. The summed E-state index contributed by atoms with van der Waals surface area (Å²) in [5, 5.41) is 31.4. The maximum atomic E-state index is 10.1. The fraction of sp³-hybridized carbons (Fsp3) is 0.0120. The number of aromatic nitrogens is 4. The van der Waals surface area contributed by atoms with Gasteiger partial charge in [-0.3, -0.25) is 8.80 Å². The number of hydrogen-bond donors (Lipinski definition) is 2. The maximum absolute atomic E-state index is 10.1. The van der Waals surface area contributed by atoms with Gasteiger partial charge in [0.15, 0.2) is 0 Å². The fourth-order valence-corrected chi connectivity index (χ4v) is 13.9. The molecular weight excluding hydrogens is 1180 g/mol. The predicted octanol–water partition coefficient (Wildman–Crippen LogP) is 21.0. The zero-order valence-corrected chi connectivity index (χ0v) is 50.2. The molecule has 4 aromatic heterocycles. The number of fused-ring (bicyclic) bond motifs is 14. The van der Waals surface area contributed by atoms with Crippen LogP contribution in [0, 0.1) is 0 Å². The van der Waals surface area contributed by atoms with E-state index in [9.17, 15) is 10.0 Å². The summed E-state index contributed by atoms with van der Waals surface area (Å²) in [5.41, 5.74) is 21.2. The summed E-state index contributed by atoms with van der Waals surface area (Å²) in [6.45, 7) is 0. The van der Waals surface area contributed by atoms with Crippen molar-refractivity contribution in [2.45, 2.75) is 7.43 Å². The number of nitrogens with zero attached hydrogens (tertiary/aromatic N) is 4. The van der Waals surface area contributed by atoms with Crippen LogP contribution in [0.25, 0.3) is 154 Å². The van der Waals surface area contributed by atoms with E-state index in [0.717, 1.165) is 70.5 Å². The molecule has 4 heterocycles. The van der Waals surface area contributed by atoms with Crippen LogP contribution < -0.4 is 5.46 Å². The van der Waals surface area contributed by atoms with Crippen LogP contribution in [0.1, 0.15) is 7.43 Å². The van der Waals surface area contributed by atoms with Gasteiger partial charge in [-0.15, -0.1) is 0 Å². The highest BCUT2D eigenvalue weighted by atomic mass is 79.9. The van der Waals surface area contributed by atoms with Crippen molar-refractivity contribution in [1.82, 2.24) is 18.8 Å². The molecule has 0 aliphatic heterocycles. The average Bonchev–Trinajstić information content (AvgIpc) is 1.54. The summed E-state index contributed by atoms with van der Waals surface area (Å²) in [6, 6.07) is 110. The van der Waals surface area contributed by atoms with Crippen LogP contribution in [-0.2, 0) is 0 Å². The van der Waals surface area contributed by atoms with E-state index in [1.165, 1.54) is 87.9 Å². The molecule has 0 aliphatic rings. The molecule has 18 rings (SSSR count). The lowest BCUT2D eigenvalue weighted by atomic mass is 9.72. The molecule has 0 atom stereocenters. The molecule has 91 heavy (non-hydrogen) atoms. The number of rotatable bonds is 6. The van der Waals surface area contributed by atoms with Crippen LogP contribution in [-0.4, -0.2) is 35.9 Å². The Balaban J connectivity index is 0.000000124. The molecule has 0 bridgehead atoms.